The van der Waals surface area contributed by atoms with Crippen LogP contribution < -0.4 is 15.6 Å². The summed E-state index contributed by atoms with van der Waals surface area (Å²) in [5, 5.41) is 12.5. The Bertz CT molecular complexity index is 1280. The van der Waals surface area contributed by atoms with Gasteiger partial charge in [0.15, 0.2) is 0 Å². The monoisotopic (exact) mass is 452 g/mol. The van der Waals surface area contributed by atoms with Crippen molar-refractivity contribution < 1.29 is 14.3 Å². The third kappa shape index (κ3) is 5.14. The Labute approximate surface area is 189 Å². The Kier molecular flexibility index (Phi) is 7.60. The maximum absolute atomic E-state index is 13.3. The molecule has 0 unspecified atom stereocenters. The first-order valence-electron chi connectivity index (χ1n) is 9.79. The van der Waals surface area contributed by atoms with Crippen molar-refractivity contribution >= 4 is 29.2 Å². The Hall–Kier alpha value is -3.67. The molecule has 0 saturated heterocycles. The van der Waals surface area contributed by atoms with E-state index < -0.39 is 11.5 Å². The van der Waals surface area contributed by atoms with Crippen LogP contribution in [-0.4, -0.2) is 35.6 Å². The molecule has 0 bridgehead atoms. The van der Waals surface area contributed by atoms with Crippen molar-refractivity contribution in [2.75, 3.05) is 20.3 Å². The summed E-state index contributed by atoms with van der Waals surface area (Å²) in [7, 11) is 1.56. The number of ether oxygens (including phenoxy) is 2. The molecule has 2 heterocycles. The van der Waals surface area contributed by atoms with E-state index in [0.29, 0.717) is 30.2 Å². The third-order valence-corrected chi connectivity index (χ3v) is 4.87. The van der Waals surface area contributed by atoms with Gasteiger partial charge in [-0.3, -0.25) is 14.0 Å². The van der Waals surface area contributed by atoms with Crippen LogP contribution in [0.5, 0.6) is 11.6 Å². The molecular weight excluding hydrogens is 432 g/mol. The van der Waals surface area contributed by atoms with Gasteiger partial charge in [-0.15, -0.1) is 0 Å². The zero-order valence-corrected chi connectivity index (χ0v) is 18.3. The standard InChI is InChI=1S/C23H21ClN4O4/c1-15-7-5-11-28-20(15)27-22(32-19-9-4-3-8-18(19)24)17(23(28)30)13-16(14-25)21(29)26-10-6-12-31-2/h3-5,7-9,11,13H,6,10,12H2,1-2H3,(H,26,29). The van der Waals surface area contributed by atoms with Gasteiger partial charge >= 0.3 is 0 Å². The first kappa shape index (κ1) is 23.0. The van der Waals surface area contributed by atoms with E-state index >= 15 is 0 Å². The highest BCUT2D eigenvalue weighted by molar-refractivity contribution is 6.32. The van der Waals surface area contributed by atoms with Crippen LogP contribution in [0, 0.1) is 18.3 Å². The van der Waals surface area contributed by atoms with Gasteiger partial charge in [-0.1, -0.05) is 29.8 Å². The summed E-state index contributed by atoms with van der Waals surface area (Å²) in [6, 6.07) is 12.1. The smallest absolute Gasteiger partial charge is 0.269 e. The lowest BCUT2D eigenvalue weighted by atomic mass is 10.1. The molecule has 0 aliphatic carbocycles. The van der Waals surface area contributed by atoms with E-state index in [1.807, 2.05) is 19.1 Å². The second-order valence-corrected chi connectivity index (χ2v) is 7.23. The van der Waals surface area contributed by atoms with E-state index in [0.717, 1.165) is 5.56 Å². The van der Waals surface area contributed by atoms with Gasteiger partial charge < -0.3 is 14.8 Å². The first-order chi connectivity index (χ1) is 15.5. The topological polar surface area (TPSA) is 106 Å². The van der Waals surface area contributed by atoms with Gasteiger partial charge in [-0.25, -0.2) is 0 Å². The van der Waals surface area contributed by atoms with Gasteiger partial charge in [0, 0.05) is 26.5 Å². The second-order valence-electron chi connectivity index (χ2n) is 6.83. The number of halogens is 1. The number of benzene rings is 1. The zero-order valence-electron chi connectivity index (χ0n) is 17.6. The van der Waals surface area contributed by atoms with Crippen LogP contribution >= 0.6 is 11.6 Å². The molecule has 3 rings (SSSR count). The van der Waals surface area contributed by atoms with Gasteiger partial charge in [0.1, 0.15) is 28.6 Å². The van der Waals surface area contributed by atoms with Crippen molar-refractivity contribution in [3.63, 3.8) is 0 Å². The number of hydrogen-bond acceptors (Lipinski definition) is 6. The molecule has 3 aromatic rings. The number of amides is 1. The molecule has 0 aliphatic heterocycles. The fraction of sp³-hybridized carbons (Fsp3) is 0.217. The second kappa shape index (κ2) is 10.6. The summed E-state index contributed by atoms with van der Waals surface area (Å²) in [5.41, 5.74) is 0.356. The molecule has 8 nitrogen and oxygen atoms in total. The largest absolute Gasteiger partial charge is 0.437 e. The van der Waals surface area contributed by atoms with E-state index in [1.165, 1.54) is 10.5 Å². The average molecular weight is 453 g/mol. The van der Waals surface area contributed by atoms with E-state index in [-0.39, 0.29) is 22.8 Å². The predicted molar refractivity (Wildman–Crippen MR) is 121 cm³/mol. The summed E-state index contributed by atoms with van der Waals surface area (Å²) in [6.45, 7) is 2.60. The molecule has 2 aromatic heterocycles. The number of nitrogens with zero attached hydrogens (tertiary/aromatic N) is 3. The van der Waals surface area contributed by atoms with Gasteiger partial charge in [0.05, 0.1) is 5.02 Å². The minimum Gasteiger partial charge on any atom is -0.437 e. The maximum Gasteiger partial charge on any atom is 0.269 e. The molecule has 0 atom stereocenters. The summed E-state index contributed by atoms with van der Waals surface area (Å²) in [6.07, 6.45) is 3.33. The molecule has 164 valence electrons. The lowest BCUT2D eigenvalue weighted by Crippen LogP contribution is -2.27. The molecule has 0 saturated carbocycles. The highest BCUT2D eigenvalue weighted by Crippen LogP contribution is 2.30. The molecule has 1 amide bonds. The van der Waals surface area contributed by atoms with E-state index in [9.17, 15) is 14.9 Å². The number of pyridine rings is 1. The molecule has 0 aliphatic rings. The van der Waals surface area contributed by atoms with Crippen LogP contribution in [0.4, 0.5) is 0 Å². The number of methoxy groups -OCH3 is 1. The molecule has 0 radical (unpaired) electrons. The summed E-state index contributed by atoms with van der Waals surface area (Å²) < 4.78 is 12.1. The quantitative estimate of drug-likeness (QED) is 0.318. The number of carbonyl (C=O) groups excluding carboxylic acids is 1. The van der Waals surface area contributed by atoms with Crippen molar-refractivity contribution in [3.05, 3.63) is 74.7 Å². The van der Waals surface area contributed by atoms with Crippen molar-refractivity contribution in [3.8, 4) is 17.7 Å². The van der Waals surface area contributed by atoms with Crippen LogP contribution in [0.25, 0.3) is 11.7 Å². The minimum absolute atomic E-state index is 0.0448. The number of fused-ring (bicyclic) bond motifs is 1. The molecule has 1 aromatic carbocycles. The fourth-order valence-electron chi connectivity index (χ4n) is 2.93. The predicted octanol–water partition coefficient (Wildman–Crippen LogP) is 3.51. The molecular formula is C23H21ClN4O4. The molecule has 1 N–H and O–H groups in total. The Morgan fingerprint density at radius 3 is 2.81 bits per heavy atom. The van der Waals surface area contributed by atoms with Gasteiger partial charge in [0.2, 0.25) is 5.88 Å². The Balaban J connectivity index is 2.11. The van der Waals surface area contributed by atoms with E-state index in [4.69, 9.17) is 21.1 Å². The third-order valence-electron chi connectivity index (χ3n) is 4.56. The van der Waals surface area contributed by atoms with Crippen LogP contribution in [-0.2, 0) is 9.53 Å². The molecule has 32 heavy (non-hydrogen) atoms. The number of aromatic nitrogens is 2. The summed E-state index contributed by atoms with van der Waals surface area (Å²) in [4.78, 5) is 30.2. The highest BCUT2D eigenvalue weighted by Gasteiger charge is 2.18. The van der Waals surface area contributed by atoms with Gasteiger partial charge in [-0.05, 0) is 43.2 Å². The fourth-order valence-corrected chi connectivity index (χ4v) is 3.11. The number of nitriles is 1. The van der Waals surface area contributed by atoms with Crippen LogP contribution in [0.15, 0.2) is 53.0 Å². The number of rotatable bonds is 8. The molecule has 9 heteroatoms. The number of nitrogens with one attached hydrogen (secondary N) is 1. The average Bonchev–Trinajstić information content (AvgIpc) is 2.79. The number of hydrogen-bond donors (Lipinski definition) is 1. The normalized spacial score (nSPS) is 11.2. The number of carbonyl (C=O) groups is 1. The minimum atomic E-state index is -0.610. The van der Waals surface area contributed by atoms with Crippen molar-refractivity contribution in [1.82, 2.24) is 14.7 Å². The van der Waals surface area contributed by atoms with Crippen molar-refractivity contribution in [1.29, 1.82) is 5.26 Å². The Morgan fingerprint density at radius 2 is 2.09 bits per heavy atom. The lowest BCUT2D eigenvalue weighted by Gasteiger charge is -2.12. The number of para-hydroxylation sites is 1. The van der Waals surface area contributed by atoms with Crippen LogP contribution in [0.1, 0.15) is 17.5 Å². The summed E-state index contributed by atoms with van der Waals surface area (Å²) >= 11 is 6.20. The van der Waals surface area contributed by atoms with Crippen molar-refractivity contribution in [2.45, 2.75) is 13.3 Å². The van der Waals surface area contributed by atoms with Gasteiger partial charge in [0.25, 0.3) is 11.5 Å². The van der Waals surface area contributed by atoms with E-state index in [1.54, 1.807) is 43.6 Å². The molecule has 0 fully saturated rings. The summed E-state index contributed by atoms with van der Waals surface area (Å²) in [5.74, 6) is -0.380. The first-order valence-corrected chi connectivity index (χ1v) is 10.2. The van der Waals surface area contributed by atoms with Gasteiger partial charge in [-0.2, -0.15) is 10.2 Å². The lowest BCUT2D eigenvalue weighted by molar-refractivity contribution is -0.117. The number of aryl methyl sites for hydroxylation is 1. The maximum atomic E-state index is 13.3. The Morgan fingerprint density at radius 1 is 1.31 bits per heavy atom. The SMILES string of the molecule is COCCCNC(=O)C(C#N)=Cc1c(Oc2ccccc2Cl)nc2c(C)cccn2c1=O. The highest BCUT2D eigenvalue weighted by atomic mass is 35.5. The van der Waals surface area contributed by atoms with Crippen molar-refractivity contribution in [2.24, 2.45) is 0 Å². The molecule has 0 spiro atoms. The van der Waals surface area contributed by atoms with E-state index in [2.05, 4.69) is 10.3 Å². The van der Waals surface area contributed by atoms with Crippen LogP contribution in [0.2, 0.25) is 5.02 Å². The van der Waals surface area contributed by atoms with Crippen LogP contribution in [0.3, 0.4) is 0 Å². The zero-order chi connectivity index (χ0) is 23.1.